The summed E-state index contributed by atoms with van der Waals surface area (Å²) >= 11 is 0. The number of ketones is 1. The standard InChI is InChI=1S/C13H20N2O/c1-10-8-12(15(2)14-10)13(16)9-11-6-4-3-5-7-11/h8,11H,3-7,9H2,1-2H3. The minimum atomic E-state index is 0.259. The van der Waals surface area contributed by atoms with Gasteiger partial charge >= 0.3 is 0 Å². The fourth-order valence-electron chi connectivity index (χ4n) is 2.63. The molecule has 88 valence electrons. The summed E-state index contributed by atoms with van der Waals surface area (Å²) in [6, 6.07) is 1.89. The van der Waals surface area contributed by atoms with Crippen molar-refractivity contribution in [2.45, 2.75) is 45.4 Å². The van der Waals surface area contributed by atoms with Crippen LogP contribution < -0.4 is 0 Å². The Labute approximate surface area is 96.8 Å². The number of nitrogens with zero attached hydrogens (tertiary/aromatic N) is 2. The minimum Gasteiger partial charge on any atom is -0.292 e. The Morgan fingerprint density at radius 3 is 2.69 bits per heavy atom. The number of hydrogen-bond acceptors (Lipinski definition) is 2. The molecule has 1 heterocycles. The second-order valence-electron chi connectivity index (χ2n) is 4.93. The second kappa shape index (κ2) is 4.81. The Morgan fingerprint density at radius 2 is 2.12 bits per heavy atom. The highest BCUT2D eigenvalue weighted by atomic mass is 16.1. The molecule has 3 heteroatoms. The van der Waals surface area contributed by atoms with Crippen molar-refractivity contribution < 1.29 is 4.79 Å². The Bertz CT molecular complexity index is 375. The van der Waals surface area contributed by atoms with Crippen molar-refractivity contribution in [3.8, 4) is 0 Å². The van der Waals surface area contributed by atoms with Gasteiger partial charge < -0.3 is 0 Å². The Hall–Kier alpha value is -1.12. The normalized spacial score (nSPS) is 17.6. The molecule has 0 aromatic carbocycles. The predicted octanol–water partition coefficient (Wildman–Crippen LogP) is 2.88. The first kappa shape index (κ1) is 11.4. The van der Waals surface area contributed by atoms with Crippen LogP contribution in [-0.2, 0) is 7.05 Å². The van der Waals surface area contributed by atoms with E-state index in [0.717, 1.165) is 11.4 Å². The third-order valence-corrected chi connectivity index (χ3v) is 3.49. The van der Waals surface area contributed by atoms with Crippen LogP contribution >= 0.6 is 0 Å². The van der Waals surface area contributed by atoms with Crippen LogP contribution in [0.15, 0.2) is 6.07 Å². The maximum Gasteiger partial charge on any atom is 0.181 e. The summed E-state index contributed by atoms with van der Waals surface area (Å²) < 4.78 is 1.71. The molecule has 0 unspecified atom stereocenters. The van der Waals surface area contributed by atoms with Crippen LogP contribution in [0.1, 0.15) is 54.7 Å². The van der Waals surface area contributed by atoms with Crippen molar-refractivity contribution in [3.63, 3.8) is 0 Å². The summed E-state index contributed by atoms with van der Waals surface area (Å²) in [5.74, 6) is 0.867. The summed E-state index contributed by atoms with van der Waals surface area (Å²) in [6.45, 7) is 1.93. The van der Waals surface area contributed by atoms with E-state index in [0.29, 0.717) is 12.3 Å². The van der Waals surface area contributed by atoms with Crippen LogP contribution in [0.4, 0.5) is 0 Å². The van der Waals surface area contributed by atoms with Crippen LogP contribution in [0.5, 0.6) is 0 Å². The molecule has 3 nitrogen and oxygen atoms in total. The summed E-state index contributed by atoms with van der Waals surface area (Å²) in [7, 11) is 1.85. The number of carbonyl (C=O) groups excluding carboxylic acids is 1. The number of carbonyl (C=O) groups is 1. The van der Waals surface area contributed by atoms with Gasteiger partial charge in [0.05, 0.1) is 5.69 Å². The van der Waals surface area contributed by atoms with Gasteiger partial charge in [-0.05, 0) is 18.9 Å². The maximum atomic E-state index is 12.1. The van der Waals surface area contributed by atoms with Gasteiger partial charge in [0, 0.05) is 13.5 Å². The SMILES string of the molecule is Cc1cc(C(=O)CC2CCCCC2)n(C)n1. The fraction of sp³-hybridized carbons (Fsp3) is 0.692. The lowest BCUT2D eigenvalue weighted by molar-refractivity contribution is 0.0941. The molecule has 0 radical (unpaired) electrons. The van der Waals surface area contributed by atoms with E-state index in [9.17, 15) is 4.79 Å². The van der Waals surface area contributed by atoms with E-state index in [1.54, 1.807) is 4.68 Å². The van der Waals surface area contributed by atoms with Crippen LogP contribution in [-0.4, -0.2) is 15.6 Å². The highest BCUT2D eigenvalue weighted by molar-refractivity contribution is 5.94. The molecular formula is C13H20N2O. The molecular weight excluding hydrogens is 200 g/mol. The zero-order chi connectivity index (χ0) is 11.5. The summed E-state index contributed by atoms with van der Waals surface area (Å²) in [4.78, 5) is 12.1. The summed E-state index contributed by atoms with van der Waals surface area (Å²) in [5.41, 5.74) is 1.69. The first-order valence-electron chi connectivity index (χ1n) is 6.20. The van der Waals surface area contributed by atoms with E-state index in [1.165, 1.54) is 32.1 Å². The van der Waals surface area contributed by atoms with E-state index >= 15 is 0 Å². The van der Waals surface area contributed by atoms with Crippen molar-refractivity contribution in [3.05, 3.63) is 17.5 Å². The first-order valence-corrected chi connectivity index (χ1v) is 6.20. The number of Topliss-reactive ketones (excluding diaryl/α,β-unsaturated/α-hetero) is 1. The highest BCUT2D eigenvalue weighted by Gasteiger charge is 2.19. The average molecular weight is 220 g/mol. The van der Waals surface area contributed by atoms with Gasteiger partial charge in [-0.3, -0.25) is 9.48 Å². The number of aryl methyl sites for hydroxylation is 2. The molecule has 0 saturated heterocycles. The molecule has 1 aromatic rings. The van der Waals surface area contributed by atoms with Gasteiger partial charge in [-0.1, -0.05) is 32.1 Å². The summed E-state index contributed by atoms with van der Waals surface area (Å²) in [6.07, 6.45) is 7.09. The summed E-state index contributed by atoms with van der Waals surface area (Å²) in [5, 5.41) is 4.22. The second-order valence-corrected chi connectivity index (χ2v) is 4.93. The molecule has 0 aliphatic heterocycles. The third-order valence-electron chi connectivity index (χ3n) is 3.49. The number of rotatable bonds is 3. The lowest BCUT2D eigenvalue weighted by Gasteiger charge is -2.20. The van der Waals surface area contributed by atoms with Gasteiger partial charge in [-0.2, -0.15) is 5.10 Å². The van der Waals surface area contributed by atoms with E-state index in [4.69, 9.17) is 0 Å². The minimum absolute atomic E-state index is 0.259. The molecule has 0 atom stereocenters. The molecule has 1 saturated carbocycles. The van der Waals surface area contributed by atoms with Gasteiger partial charge in [0.25, 0.3) is 0 Å². The number of hydrogen-bond donors (Lipinski definition) is 0. The molecule has 1 aliphatic rings. The van der Waals surface area contributed by atoms with E-state index in [-0.39, 0.29) is 5.78 Å². The van der Waals surface area contributed by atoms with Crippen molar-refractivity contribution in [2.75, 3.05) is 0 Å². The first-order chi connectivity index (χ1) is 7.66. The molecule has 0 spiro atoms. The fourth-order valence-corrected chi connectivity index (χ4v) is 2.63. The van der Waals surface area contributed by atoms with Crippen molar-refractivity contribution in [1.82, 2.24) is 9.78 Å². The molecule has 1 aliphatic carbocycles. The Morgan fingerprint density at radius 1 is 1.44 bits per heavy atom. The van der Waals surface area contributed by atoms with Gasteiger partial charge in [0.1, 0.15) is 5.69 Å². The quantitative estimate of drug-likeness (QED) is 0.734. The van der Waals surface area contributed by atoms with E-state index in [1.807, 2.05) is 20.0 Å². The van der Waals surface area contributed by atoms with Gasteiger partial charge in [0.2, 0.25) is 0 Å². The average Bonchev–Trinajstić information content (AvgIpc) is 2.59. The molecule has 1 aromatic heterocycles. The van der Waals surface area contributed by atoms with E-state index in [2.05, 4.69) is 5.10 Å². The molecule has 16 heavy (non-hydrogen) atoms. The number of aromatic nitrogens is 2. The topological polar surface area (TPSA) is 34.9 Å². The Kier molecular flexibility index (Phi) is 3.42. The van der Waals surface area contributed by atoms with Gasteiger partial charge in [0.15, 0.2) is 5.78 Å². The highest BCUT2D eigenvalue weighted by Crippen LogP contribution is 2.27. The monoisotopic (exact) mass is 220 g/mol. The van der Waals surface area contributed by atoms with Crippen LogP contribution in [0, 0.1) is 12.8 Å². The van der Waals surface area contributed by atoms with Crippen molar-refractivity contribution in [2.24, 2.45) is 13.0 Å². The smallest absolute Gasteiger partial charge is 0.181 e. The van der Waals surface area contributed by atoms with Crippen LogP contribution in [0.25, 0.3) is 0 Å². The Balaban J connectivity index is 1.99. The largest absolute Gasteiger partial charge is 0.292 e. The predicted molar refractivity (Wildman–Crippen MR) is 63.5 cm³/mol. The van der Waals surface area contributed by atoms with E-state index < -0.39 is 0 Å². The lowest BCUT2D eigenvalue weighted by atomic mass is 9.85. The molecule has 0 N–H and O–H groups in total. The molecule has 1 fully saturated rings. The molecule has 0 amide bonds. The maximum absolute atomic E-state index is 12.1. The van der Waals surface area contributed by atoms with Gasteiger partial charge in [-0.15, -0.1) is 0 Å². The molecule has 0 bridgehead atoms. The molecule has 2 rings (SSSR count). The lowest BCUT2D eigenvalue weighted by Crippen LogP contribution is -2.14. The van der Waals surface area contributed by atoms with Crippen LogP contribution in [0.2, 0.25) is 0 Å². The third kappa shape index (κ3) is 2.52. The zero-order valence-corrected chi connectivity index (χ0v) is 10.2. The zero-order valence-electron chi connectivity index (χ0n) is 10.2. The van der Waals surface area contributed by atoms with Crippen molar-refractivity contribution >= 4 is 5.78 Å². The van der Waals surface area contributed by atoms with Crippen LogP contribution in [0.3, 0.4) is 0 Å². The van der Waals surface area contributed by atoms with Crippen molar-refractivity contribution in [1.29, 1.82) is 0 Å². The van der Waals surface area contributed by atoms with Gasteiger partial charge in [-0.25, -0.2) is 0 Å².